The van der Waals surface area contributed by atoms with E-state index in [1.807, 2.05) is 0 Å². The number of allylic oxidation sites excluding steroid dienone is 8. The zero-order valence-electron chi connectivity index (χ0n) is 29.6. The molecule has 1 aliphatic carbocycles. The van der Waals surface area contributed by atoms with E-state index in [1.54, 1.807) is 21.3 Å². The van der Waals surface area contributed by atoms with Crippen molar-refractivity contribution in [2.45, 2.75) is 90.4 Å². The van der Waals surface area contributed by atoms with Crippen LogP contribution >= 0.6 is 15.9 Å². The van der Waals surface area contributed by atoms with Crippen molar-refractivity contribution >= 4 is 33.0 Å². The van der Waals surface area contributed by atoms with E-state index in [0.717, 1.165) is 62.2 Å². The van der Waals surface area contributed by atoms with Gasteiger partial charge in [0.2, 0.25) is 5.69 Å². The molecule has 0 saturated carbocycles. The lowest BCUT2D eigenvalue weighted by molar-refractivity contribution is -0.401. The molecule has 2 heterocycles. The maximum Gasteiger partial charge on any atom is 0.213 e. The SMILES string of the molecule is CCC1(CC)C(/C=C/C2=C(Br)C(=C/C=C3\N(C)c4cc(C)c(OC)cc4C3(CC)CC)/CCC2)=[N+](C)c2cc(OC)c(OC)cc21. The zero-order valence-corrected chi connectivity index (χ0v) is 31.2. The Morgan fingerprint density at radius 3 is 2.02 bits per heavy atom. The van der Waals surface area contributed by atoms with E-state index in [4.69, 9.17) is 14.2 Å². The van der Waals surface area contributed by atoms with Crippen LogP contribution in [0.2, 0.25) is 0 Å². The first-order valence-electron chi connectivity index (χ1n) is 16.9. The smallest absolute Gasteiger partial charge is 0.213 e. The molecule has 3 aliphatic rings. The zero-order chi connectivity index (χ0) is 33.4. The number of halogens is 1. The van der Waals surface area contributed by atoms with Gasteiger partial charge in [0, 0.05) is 40.0 Å². The van der Waals surface area contributed by atoms with Crippen molar-refractivity contribution in [3.8, 4) is 17.2 Å². The normalized spacial score (nSPS) is 20.3. The monoisotopic (exact) mass is 687 g/mol. The molecule has 0 spiro atoms. The highest BCUT2D eigenvalue weighted by molar-refractivity contribution is 9.12. The third kappa shape index (κ3) is 5.25. The lowest BCUT2D eigenvalue weighted by Gasteiger charge is -2.31. The van der Waals surface area contributed by atoms with Gasteiger partial charge < -0.3 is 19.1 Å². The molecule has 2 aromatic rings. The minimum absolute atomic E-state index is 0.0383. The van der Waals surface area contributed by atoms with Crippen molar-refractivity contribution in [1.82, 2.24) is 0 Å². The average molecular weight is 689 g/mol. The highest BCUT2D eigenvalue weighted by Gasteiger charge is 2.49. The molecule has 2 aliphatic heterocycles. The fourth-order valence-corrected chi connectivity index (χ4v) is 9.02. The summed E-state index contributed by atoms with van der Waals surface area (Å²) in [6, 6.07) is 8.87. The summed E-state index contributed by atoms with van der Waals surface area (Å²) in [5, 5.41) is 0. The molecular formula is C40H52BrN2O3+. The van der Waals surface area contributed by atoms with Crippen molar-refractivity contribution in [3.05, 3.63) is 86.6 Å². The molecule has 0 atom stereocenters. The standard InChI is InChI=1S/C40H52BrN2O3/c1-11-39(12-2)29-23-33(44-8)26(5)22-31(29)42(6)36(39)20-18-27-16-15-17-28(38(27)41)19-21-37-40(13-3,14-4)30-24-34(45-9)35(46-10)25-32(30)43(37)7/h18-25H,11-17H2,1-10H3/q+1. The highest BCUT2D eigenvalue weighted by Crippen LogP contribution is 2.53. The van der Waals surface area contributed by atoms with Crippen LogP contribution in [0.4, 0.5) is 11.4 Å². The second-order valence-electron chi connectivity index (χ2n) is 12.9. The number of hydrogen-bond donors (Lipinski definition) is 0. The van der Waals surface area contributed by atoms with E-state index in [9.17, 15) is 0 Å². The predicted octanol–water partition coefficient (Wildman–Crippen LogP) is 10.2. The Hall–Kier alpha value is -3.25. The van der Waals surface area contributed by atoms with Crippen LogP contribution in [0.3, 0.4) is 0 Å². The number of anilines is 1. The Bertz CT molecular complexity index is 1670. The van der Waals surface area contributed by atoms with Gasteiger partial charge >= 0.3 is 0 Å². The summed E-state index contributed by atoms with van der Waals surface area (Å²) in [6.45, 7) is 11.4. The van der Waals surface area contributed by atoms with Gasteiger partial charge in [0.15, 0.2) is 17.2 Å². The molecule has 0 radical (unpaired) electrons. The van der Waals surface area contributed by atoms with E-state index in [-0.39, 0.29) is 10.8 Å². The summed E-state index contributed by atoms with van der Waals surface area (Å²) >= 11 is 4.06. The van der Waals surface area contributed by atoms with E-state index >= 15 is 0 Å². The van der Waals surface area contributed by atoms with Gasteiger partial charge in [-0.25, -0.2) is 0 Å². The molecule has 0 bridgehead atoms. The number of nitrogens with zero attached hydrogens (tertiary/aromatic N) is 2. The molecule has 0 saturated heterocycles. The number of benzene rings is 2. The van der Waals surface area contributed by atoms with Crippen LogP contribution in [-0.2, 0) is 10.8 Å². The van der Waals surface area contributed by atoms with Crippen LogP contribution in [-0.4, -0.2) is 45.7 Å². The van der Waals surface area contributed by atoms with Gasteiger partial charge in [-0.3, -0.25) is 0 Å². The van der Waals surface area contributed by atoms with Crippen molar-refractivity contribution in [2.75, 3.05) is 40.3 Å². The fraction of sp³-hybridized carbons (Fsp3) is 0.475. The number of hydrogen-bond acceptors (Lipinski definition) is 4. The van der Waals surface area contributed by atoms with E-state index in [2.05, 4.69) is 123 Å². The second-order valence-corrected chi connectivity index (χ2v) is 13.7. The first-order valence-corrected chi connectivity index (χ1v) is 17.7. The summed E-state index contributed by atoms with van der Waals surface area (Å²) in [5.41, 5.74) is 11.6. The second kappa shape index (κ2) is 13.5. The number of likely N-dealkylation sites (N-methyl/N-ethyl adjacent to an activating group) is 1. The molecule has 5 rings (SSSR count). The molecule has 46 heavy (non-hydrogen) atoms. The Balaban J connectivity index is 1.53. The van der Waals surface area contributed by atoms with Crippen molar-refractivity contribution in [2.24, 2.45) is 0 Å². The van der Waals surface area contributed by atoms with Crippen molar-refractivity contribution in [3.63, 3.8) is 0 Å². The Morgan fingerprint density at radius 2 is 1.41 bits per heavy atom. The summed E-state index contributed by atoms with van der Waals surface area (Å²) < 4.78 is 20.7. The summed E-state index contributed by atoms with van der Waals surface area (Å²) in [6.07, 6.45) is 16.8. The van der Waals surface area contributed by atoms with Crippen LogP contribution < -0.4 is 19.1 Å². The molecule has 2 aromatic carbocycles. The van der Waals surface area contributed by atoms with Crippen LogP contribution in [0.15, 0.2) is 69.9 Å². The van der Waals surface area contributed by atoms with Crippen molar-refractivity contribution < 1.29 is 18.8 Å². The first-order chi connectivity index (χ1) is 22.1. The summed E-state index contributed by atoms with van der Waals surface area (Å²) in [4.78, 5) is 2.40. The summed E-state index contributed by atoms with van der Waals surface area (Å²) in [7, 11) is 9.59. The maximum absolute atomic E-state index is 5.75. The highest BCUT2D eigenvalue weighted by atomic mass is 79.9. The largest absolute Gasteiger partial charge is 0.496 e. The molecule has 0 amide bonds. The minimum Gasteiger partial charge on any atom is -0.496 e. The molecule has 0 N–H and O–H groups in total. The first kappa shape index (κ1) is 34.1. The van der Waals surface area contributed by atoms with Crippen LogP contribution in [0, 0.1) is 6.92 Å². The van der Waals surface area contributed by atoms with Crippen LogP contribution in [0.25, 0.3) is 0 Å². The topological polar surface area (TPSA) is 33.9 Å². The molecule has 5 nitrogen and oxygen atoms in total. The predicted molar refractivity (Wildman–Crippen MR) is 196 cm³/mol. The maximum atomic E-state index is 5.75. The van der Waals surface area contributed by atoms with Crippen LogP contribution in [0.1, 0.15) is 89.3 Å². The third-order valence-corrected chi connectivity index (χ3v) is 12.2. The lowest BCUT2D eigenvalue weighted by atomic mass is 9.73. The third-order valence-electron chi connectivity index (χ3n) is 11.2. The number of methoxy groups -OCH3 is 3. The number of ether oxygens (including phenoxy) is 3. The van der Waals surface area contributed by atoms with Gasteiger partial charge in [0.05, 0.1) is 32.8 Å². The molecule has 246 valence electrons. The van der Waals surface area contributed by atoms with Gasteiger partial charge in [0.1, 0.15) is 12.8 Å². The Kier molecular flexibility index (Phi) is 9.98. The van der Waals surface area contributed by atoms with E-state index in [0.29, 0.717) is 0 Å². The van der Waals surface area contributed by atoms with Gasteiger partial charge in [-0.2, -0.15) is 4.58 Å². The van der Waals surface area contributed by atoms with Crippen molar-refractivity contribution in [1.29, 1.82) is 0 Å². The molecule has 0 aromatic heterocycles. The van der Waals surface area contributed by atoms with Crippen LogP contribution in [0.5, 0.6) is 17.2 Å². The molecule has 0 fully saturated rings. The Labute approximate surface area is 285 Å². The van der Waals surface area contributed by atoms with Gasteiger partial charge in [-0.1, -0.05) is 55.8 Å². The van der Waals surface area contributed by atoms with E-state index < -0.39 is 0 Å². The molecular weight excluding hydrogens is 636 g/mol. The van der Waals surface area contributed by atoms with Gasteiger partial charge in [-0.15, -0.1) is 0 Å². The fourth-order valence-electron chi connectivity index (χ4n) is 8.36. The van der Waals surface area contributed by atoms with Gasteiger partial charge in [-0.05, 0) is 98.4 Å². The number of aryl methyl sites for hydroxylation is 1. The molecule has 0 unspecified atom stereocenters. The van der Waals surface area contributed by atoms with Gasteiger partial charge in [0.25, 0.3) is 0 Å². The average Bonchev–Trinajstić information content (AvgIpc) is 3.45. The summed E-state index contributed by atoms with van der Waals surface area (Å²) in [5.74, 6) is 2.52. The quantitative estimate of drug-likeness (QED) is 0.233. The van der Waals surface area contributed by atoms with E-state index in [1.165, 1.54) is 55.1 Å². The Morgan fingerprint density at radius 1 is 0.804 bits per heavy atom. The minimum atomic E-state index is -0.0857. The molecule has 6 heteroatoms. The number of rotatable bonds is 10. The number of fused-ring (bicyclic) bond motifs is 2. The lowest BCUT2D eigenvalue weighted by Crippen LogP contribution is -2.32.